The molecule has 2 unspecified atom stereocenters. The van der Waals surface area contributed by atoms with Gasteiger partial charge in [0, 0.05) is 34.4 Å². The fourth-order valence-electron chi connectivity index (χ4n) is 2.10. The number of nitrogens with zero attached hydrogens (tertiary/aromatic N) is 2. The lowest BCUT2D eigenvalue weighted by Crippen LogP contribution is -2.30. The van der Waals surface area contributed by atoms with Crippen LogP contribution in [0.3, 0.4) is 0 Å². The summed E-state index contributed by atoms with van der Waals surface area (Å²) in [5.41, 5.74) is 5.77. The first kappa shape index (κ1) is 14.0. The van der Waals surface area contributed by atoms with Crippen LogP contribution < -0.4 is 11.1 Å². The molecule has 0 radical (unpaired) electrons. The number of rotatable bonds is 4. The molecule has 0 saturated carbocycles. The van der Waals surface area contributed by atoms with Gasteiger partial charge in [-0.25, -0.2) is 4.98 Å². The fourth-order valence-corrected chi connectivity index (χ4v) is 2.90. The molecule has 0 bridgehead atoms. The number of nitrogens with two attached hydrogens (primary N) is 1. The van der Waals surface area contributed by atoms with Crippen LogP contribution >= 0.6 is 11.3 Å². The van der Waals surface area contributed by atoms with Crippen molar-refractivity contribution in [2.24, 2.45) is 0 Å². The molecule has 0 spiro atoms. The Morgan fingerprint density at radius 3 is 2.42 bits per heavy atom. The SMILES string of the molecule is CNc1nc(N)c(C(=O)N2CC(OC)C(OC)C2)s1. The minimum Gasteiger partial charge on any atom is -0.382 e. The van der Waals surface area contributed by atoms with Gasteiger partial charge in [0.2, 0.25) is 0 Å². The van der Waals surface area contributed by atoms with Crippen molar-refractivity contribution in [3.05, 3.63) is 4.88 Å². The van der Waals surface area contributed by atoms with E-state index in [9.17, 15) is 4.79 Å². The normalized spacial score (nSPS) is 22.8. The molecule has 1 aliphatic heterocycles. The number of anilines is 2. The van der Waals surface area contributed by atoms with E-state index in [0.717, 1.165) is 0 Å². The van der Waals surface area contributed by atoms with Crippen LogP contribution in [0.2, 0.25) is 0 Å². The van der Waals surface area contributed by atoms with Crippen LogP contribution in [-0.4, -0.2) is 62.4 Å². The Morgan fingerprint density at radius 1 is 1.42 bits per heavy atom. The molecule has 2 atom stereocenters. The summed E-state index contributed by atoms with van der Waals surface area (Å²) in [6.45, 7) is 1.00. The molecule has 1 amide bonds. The lowest BCUT2D eigenvalue weighted by Gasteiger charge is -2.14. The second kappa shape index (κ2) is 5.72. The van der Waals surface area contributed by atoms with Crippen molar-refractivity contribution in [2.75, 3.05) is 45.4 Å². The molecule has 1 aromatic rings. The van der Waals surface area contributed by atoms with Crippen LogP contribution in [-0.2, 0) is 9.47 Å². The van der Waals surface area contributed by atoms with Gasteiger partial charge in [0.05, 0.1) is 0 Å². The van der Waals surface area contributed by atoms with Crippen molar-refractivity contribution in [1.82, 2.24) is 9.88 Å². The average molecular weight is 286 g/mol. The molecule has 1 aliphatic rings. The molecule has 106 valence electrons. The maximum atomic E-state index is 12.4. The predicted octanol–water partition coefficient (Wildman–Crippen LogP) is 0.253. The summed E-state index contributed by atoms with van der Waals surface area (Å²) in [5, 5.41) is 3.51. The lowest BCUT2D eigenvalue weighted by molar-refractivity contribution is -0.00461. The molecule has 7 nitrogen and oxygen atoms in total. The molecule has 2 rings (SSSR count). The molecule has 1 fully saturated rings. The van der Waals surface area contributed by atoms with Crippen LogP contribution in [0.25, 0.3) is 0 Å². The number of methoxy groups -OCH3 is 2. The smallest absolute Gasteiger partial charge is 0.268 e. The van der Waals surface area contributed by atoms with Crippen LogP contribution in [0, 0.1) is 0 Å². The highest BCUT2D eigenvalue weighted by Gasteiger charge is 2.37. The molecule has 1 saturated heterocycles. The van der Waals surface area contributed by atoms with E-state index >= 15 is 0 Å². The van der Waals surface area contributed by atoms with Gasteiger partial charge in [0.1, 0.15) is 22.9 Å². The number of aromatic nitrogens is 1. The van der Waals surface area contributed by atoms with E-state index in [1.54, 1.807) is 26.2 Å². The minimum atomic E-state index is -0.127. The minimum absolute atomic E-state index is 0.105. The quantitative estimate of drug-likeness (QED) is 0.825. The van der Waals surface area contributed by atoms with E-state index < -0.39 is 0 Å². The number of amides is 1. The molecule has 3 N–H and O–H groups in total. The molecule has 1 aromatic heterocycles. The Labute approximate surface area is 115 Å². The number of hydrogen-bond acceptors (Lipinski definition) is 7. The average Bonchev–Trinajstić information content (AvgIpc) is 3.00. The maximum absolute atomic E-state index is 12.4. The first-order valence-electron chi connectivity index (χ1n) is 5.89. The highest BCUT2D eigenvalue weighted by molar-refractivity contribution is 7.18. The topological polar surface area (TPSA) is 89.7 Å². The number of carbonyl (C=O) groups excluding carboxylic acids is 1. The summed E-state index contributed by atoms with van der Waals surface area (Å²) >= 11 is 1.25. The highest BCUT2D eigenvalue weighted by atomic mass is 32.1. The van der Waals surface area contributed by atoms with E-state index in [0.29, 0.717) is 23.1 Å². The van der Waals surface area contributed by atoms with Crippen molar-refractivity contribution in [3.63, 3.8) is 0 Å². The number of ether oxygens (including phenoxy) is 2. The zero-order valence-corrected chi connectivity index (χ0v) is 12.0. The third-order valence-electron chi connectivity index (χ3n) is 3.17. The Balaban J connectivity index is 2.14. The van der Waals surface area contributed by atoms with Gasteiger partial charge in [-0.2, -0.15) is 0 Å². The summed E-state index contributed by atoms with van der Waals surface area (Å²) in [6, 6.07) is 0. The summed E-state index contributed by atoms with van der Waals surface area (Å²) in [6.07, 6.45) is -0.210. The van der Waals surface area contributed by atoms with E-state index in [2.05, 4.69) is 10.3 Å². The van der Waals surface area contributed by atoms with Gasteiger partial charge in [0.25, 0.3) is 5.91 Å². The van der Waals surface area contributed by atoms with Crippen molar-refractivity contribution >= 4 is 28.2 Å². The van der Waals surface area contributed by atoms with Gasteiger partial charge in [-0.1, -0.05) is 11.3 Å². The number of thiazole rings is 1. The number of nitrogen functional groups attached to an aromatic ring is 1. The Hall–Kier alpha value is -1.38. The first-order chi connectivity index (χ1) is 9.10. The van der Waals surface area contributed by atoms with Crippen molar-refractivity contribution < 1.29 is 14.3 Å². The van der Waals surface area contributed by atoms with Gasteiger partial charge in [-0.3, -0.25) is 4.79 Å². The molecule has 0 aliphatic carbocycles. The monoisotopic (exact) mass is 286 g/mol. The largest absolute Gasteiger partial charge is 0.382 e. The Kier molecular flexibility index (Phi) is 4.23. The summed E-state index contributed by atoms with van der Waals surface area (Å²) in [4.78, 5) is 18.6. The molecular weight excluding hydrogens is 268 g/mol. The molecule has 19 heavy (non-hydrogen) atoms. The first-order valence-corrected chi connectivity index (χ1v) is 6.71. The number of hydrogen-bond donors (Lipinski definition) is 2. The van der Waals surface area contributed by atoms with Gasteiger partial charge in [0.15, 0.2) is 5.13 Å². The second-order valence-corrected chi connectivity index (χ2v) is 5.24. The highest BCUT2D eigenvalue weighted by Crippen LogP contribution is 2.28. The Morgan fingerprint density at radius 2 is 2.00 bits per heavy atom. The van der Waals surface area contributed by atoms with E-state index in [1.165, 1.54) is 11.3 Å². The maximum Gasteiger partial charge on any atom is 0.268 e. The summed E-state index contributed by atoms with van der Waals surface area (Å²) in [5.74, 6) is 0.132. The fraction of sp³-hybridized carbons (Fsp3) is 0.636. The third-order valence-corrected chi connectivity index (χ3v) is 4.25. The molecular formula is C11H18N4O3S. The van der Waals surface area contributed by atoms with Gasteiger partial charge >= 0.3 is 0 Å². The van der Waals surface area contributed by atoms with Crippen molar-refractivity contribution in [2.45, 2.75) is 12.2 Å². The lowest BCUT2D eigenvalue weighted by atomic mass is 10.3. The third kappa shape index (κ3) is 2.65. The molecule has 0 aromatic carbocycles. The molecule has 8 heteroatoms. The van der Waals surface area contributed by atoms with Gasteiger partial charge in [-0.05, 0) is 0 Å². The van der Waals surface area contributed by atoms with Gasteiger partial charge < -0.3 is 25.4 Å². The van der Waals surface area contributed by atoms with E-state index in [1.807, 2.05) is 0 Å². The molecule has 2 heterocycles. The van der Waals surface area contributed by atoms with Crippen LogP contribution in [0.5, 0.6) is 0 Å². The summed E-state index contributed by atoms with van der Waals surface area (Å²) < 4.78 is 10.6. The predicted molar refractivity (Wildman–Crippen MR) is 73.6 cm³/mol. The van der Waals surface area contributed by atoms with Crippen molar-refractivity contribution in [1.29, 1.82) is 0 Å². The van der Waals surface area contributed by atoms with E-state index in [4.69, 9.17) is 15.2 Å². The number of carbonyl (C=O) groups is 1. The van der Waals surface area contributed by atoms with Crippen LogP contribution in [0.15, 0.2) is 0 Å². The summed E-state index contributed by atoms with van der Waals surface area (Å²) in [7, 11) is 4.97. The van der Waals surface area contributed by atoms with Crippen LogP contribution in [0.1, 0.15) is 9.67 Å². The van der Waals surface area contributed by atoms with Gasteiger partial charge in [-0.15, -0.1) is 0 Å². The zero-order chi connectivity index (χ0) is 14.0. The number of likely N-dealkylation sites (tertiary alicyclic amines) is 1. The van der Waals surface area contributed by atoms with Crippen molar-refractivity contribution in [3.8, 4) is 0 Å². The zero-order valence-electron chi connectivity index (χ0n) is 11.2. The standard InChI is InChI=1S/C11H18N4O3S/c1-13-11-14-9(12)8(19-11)10(16)15-4-6(17-2)7(5-15)18-3/h6-7H,4-5,12H2,1-3H3,(H,13,14). The Bertz CT molecular complexity index is 453. The van der Waals surface area contributed by atoms with E-state index in [-0.39, 0.29) is 23.9 Å². The number of nitrogens with one attached hydrogen (secondary N) is 1. The van der Waals surface area contributed by atoms with Crippen LogP contribution in [0.4, 0.5) is 10.9 Å². The second-order valence-electron chi connectivity index (χ2n) is 4.24.